The molecule has 2 aromatic heterocycles. The van der Waals surface area contributed by atoms with Gasteiger partial charge in [0.25, 0.3) is 0 Å². The highest BCUT2D eigenvalue weighted by molar-refractivity contribution is 6.30. The Morgan fingerprint density at radius 2 is 2.08 bits per heavy atom. The lowest BCUT2D eigenvalue weighted by atomic mass is 9.71. The summed E-state index contributed by atoms with van der Waals surface area (Å²) in [6, 6.07) is 8.18. The summed E-state index contributed by atoms with van der Waals surface area (Å²) in [5, 5.41) is 20.4. The van der Waals surface area contributed by atoms with Crippen molar-refractivity contribution in [2.75, 3.05) is 25.1 Å². The number of hydrogen-bond donors (Lipinski definition) is 3. The fraction of sp³-hybridized carbons (Fsp3) is 0.464. The predicted molar refractivity (Wildman–Crippen MR) is 143 cm³/mol. The van der Waals surface area contributed by atoms with Gasteiger partial charge in [0.15, 0.2) is 17.5 Å². The van der Waals surface area contributed by atoms with E-state index in [9.17, 15) is 14.3 Å². The van der Waals surface area contributed by atoms with Gasteiger partial charge in [0.05, 0.1) is 23.7 Å². The van der Waals surface area contributed by atoms with Crippen molar-refractivity contribution >= 4 is 29.2 Å². The lowest BCUT2D eigenvalue weighted by Crippen LogP contribution is -2.50. The zero-order valence-electron chi connectivity index (χ0n) is 22.2. The molecule has 0 aliphatic carbocycles. The second-order valence-corrected chi connectivity index (χ2v) is 11.6. The van der Waals surface area contributed by atoms with Crippen molar-refractivity contribution in [1.82, 2.24) is 20.1 Å². The van der Waals surface area contributed by atoms with Crippen molar-refractivity contribution in [2.24, 2.45) is 5.41 Å². The number of carboxylic acid groups (broad SMARTS) is 1. The molecule has 0 bridgehead atoms. The number of aryl methyl sites for hydroxylation is 1. The van der Waals surface area contributed by atoms with Gasteiger partial charge in [0.1, 0.15) is 5.82 Å². The second kappa shape index (κ2) is 10.5. The van der Waals surface area contributed by atoms with Crippen molar-refractivity contribution in [3.63, 3.8) is 0 Å². The van der Waals surface area contributed by atoms with Crippen LogP contribution in [0.15, 0.2) is 30.3 Å². The summed E-state index contributed by atoms with van der Waals surface area (Å²) >= 11 is 5.96. The van der Waals surface area contributed by atoms with E-state index in [0.29, 0.717) is 61.8 Å². The van der Waals surface area contributed by atoms with Crippen LogP contribution < -0.4 is 5.32 Å². The van der Waals surface area contributed by atoms with Crippen LogP contribution in [0.5, 0.6) is 0 Å². The van der Waals surface area contributed by atoms with E-state index in [-0.39, 0.29) is 23.3 Å². The van der Waals surface area contributed by atoms with Gasteiger partial charge in [0.2, 0.25) is 0 Å². The Morgan fingerprint density at radius 3 is 2.69 bits per heavy atom. The monoisotopic (exact) mass is 559 g/mol. The van der Waals surface area contributed by atoms with Gasteiger partial charge in [-0.2, -0.15) is 5.10 Å². The molecule has 208 valence electrons. The number of carbonyl (C=O) groups is 1. The maximum Gasteiger partial charge on any atom is 0.310 e. The average Bonchev–Trinajstić information content (AvgIpc) is 3.28. The molecular formula is C28H32ClF2N5O3. The number of anilines is 2. The van der Waals surface area contributed by atoms with Gasteiger partial charge in [0, 0.05) is 53.0 Å². The molecule has 11 heteroatoms. The third kappa shape index (κ3) is 5.37. The maximum atomic E-state index is 15.7. The van der Waals surface area contributed by atoms with E-state index in [2.05, 4.69) is 25.4 Å². The smallest absolute Gasteiger partial charge is 0.310 e. The summed E-state index contributed by atoms with van der Waals surface area (Å²) in [7, 11) is 0. The number of halogens is 3. The molecule has 2 saturated heterocycles. The van der Waals surface area contributed by atoms with E-state index in [1.807, 2.05) is 20.8 Å². The van der Waals surface area contributed by atoms with Crippen LogP contribution in [-0.2, 0) is 27.9 Å². The molecular weight excluding hydrogens is 528 g/mol. The number of aromatic amines is 1. The fourth-order valence-corrected chi connectivity index (χ4v) is 5.83. The maximum absolute atomic E-state index is 15.7. The Labute approximate surface area is 230 Å². The number of ether oxygens (including phenoxy) is 1. The molecule has 0 saturated carbocycles. The Bertz CT molecular complexity index is 1400. The number of piperidine rings is 1. The summed E-state index contributed by atoms with van der Waals surface area (Å²) in [4.78, 5) is 19.3. The Hall–Kier alpha value is -3.08. The van der Waals surface area contributed by atoms with E-state index < -0.39 is 28.4 Å². The molecule has 2 fully saturated rings. The molecule has 0 spiro atoms. The zero-order valence-corrected chi connectivity index (χ0v) is 22.9. The Kier molecular flexibility index (Phi) is 7.39. The van der Waals surface area contributed by atoms with Crippen LogP contribution in [0, 0.1) is 24.0 Å². The number of carboxylic acids is 1. The van der Waals surface area contributed by atoms with E-state index in [4.69, 9.17) is 16.3 Å². The first-order valence-electron chi connectivity index (χ1n) is 13.0. The number of benzene rings is 1. The van der Waals surface area contributed by atoms with Crippen molar-refractivity contribution in [3.8, 4) is 0 Å². The number of nitrogens with one attached hydrogen (secondary N) is 2. The van der Waals surface area contributed by atoms with Crippen LogP contribution in [-0.4, -0.2) is 57.0 Å². The molecule has 2 aliphatic rings. The topological polar surface area (TPSA) is 103 Å². The van der Waals surface area contributed by atoms with Gasteiger partial charge < -0.3 is 15.2 Å². The lowest BCUT2D eigenvalue weighted by molar-refractivity contribution is -0.153. The van der Waals surface area contributed by atoms with Crippen LogP contribution in [0.2, 0.25) is 5.02 Å². The van der Waals surface area contributed by atoms with Crippen molar-refractivity contribution in [1.29, 1.82) is 0 Å². The summed E-state index contributed by atoms with van der Waals surface area (Å²) in [5.74, 6) is -1.46. The molecule has 3 aromatic rings. The van der Waals surface area contributed by atoms with Crippen molar-refractivity contribution in [3.05, 3.63) is 69.5 Å². The standard InChI is InChI=1S/C28H32ClF2N5O3/c1-16-9-22(35-34-16)33-25-24(31)20(27(3)14-39-15-27)10-19(32-25)12-28(26(37)38)7-8-36(17(2)11-28)13-18-5-4-6-21(29)23(18)30/h4-6,9-10,17H,7-8,11-15H2,1-3H3,(H,37,38)(H2,32,33,34,35)/t17-,28-/m1/s1. The van der Waals surface area contributed by atoms with Crippen LogP contribution in [0.3, 0.4) is 0 Å². The Morgan fingerprint density at radius 1 is 1.31 bits per heavy atom. The highest BCUT2D eigenvalue weighted by Gasteiger charge is 2.46. The number of H-pyrrole nitrogens is 1. The van der Waals surface area contributed by atoms with E-state index in [1.54, 1.807) is 24.3 Å². The van der Waals surface area contributed by atoms with E-state index >= 15 is 4.39 Å². The van der Waals surface area contributed by atoms with Crippen LogP contribution in [0.25, 0.3) is 0 Å². The summed E-state index contributed by atoms with van der Waals surface area (Å²) in [6.45, 7) is 7.22. The molecule has 0 radical (unpaired) electrons. The fourth-order valence-electron chi connectivity index (χ4n) is 5.64. The number of likely N-dealkylation sites (tertiary alicyclic amines) is 1. The molecule has 39 heavy (non-hydrogen) atoms. The number of pyridine rings is 1. The molecule has 2 atom stereocenters. The number of nitrogens with zero attached hydrogens (tertiary/aromatic N) is 3. The molecule has 4 heterocycles. The highest BCUT2D eigenvalue weighted by Crippen LogP contribution is 2.41. The molecule has 1 aromatic carbocycles. The normalized spacial score (nSPS) is 22.9. The zero-order chi connectivity index (χ0) is 27.9. The first-order chi connectivity index (χ1) is 18.5. The van der Waals surface area contributed by atoms with Gasteiger partial charge in [-0.25, -0.2) is 13.8 Å². The molecule has 2 aliphatic heterocycles. The van der Waals surface area contributed by atoms with E-state index in [0.717, 1.165) is 5.69 Å². The average molecular weight is 560 g/mol. The van der Waals surface area contributed by atoms with Gasteiger partial charge in [-0.15, -0.1) is 0 Å². The minimum Gasteiger partial charge on any atom is -0.481 e. The Balaban J connectivity index is 1.42. The minimum atomic E-state index is -1.11. The molecule has 3 N–H and O–H groups in total. The number of rotatable bonds is 8. The largest absolute Gasteiger partial charge is 0.481 e. The number of aliphatic carboxylic acids is 1. The molecule has 0 amide bonds. The molecule has 5 rings (SSSR count). The van der Waals surface area contributed by atoms with E-state index in [1.165, 1.54) is 6.07 Å². The van der Waals surface area contributed by atoms with Crippen LogP contribution >= 0.6 is 11.6 Å². The minimum absolute atomic E-state index is 0.00424. The van der Waals surface area contributed by atoms with Crippen LogP contribution in [0.1, 0.15) is 49.2 Å². The summed E-state index contributed by atoms with van der Waals surface area (Å²) in [6.07, 6.45) is 0.802. The molecule has 8 nitrogen and oxygen atoms in total. The third-order valence-electron chi connectivity index (χ3n) is 8.02. The SMILES string of the molecule is Cc1cc(Nc2nc(C[C@@]3(C(=O)O)CCN(Cc4cccc(Cl)c4F)[C@H](C)C3)cc(C3(C)COC3)c2F)n[nH]1. The van der Waals surface area contributed by atoms with Crippen molar-refractivity contribution in [2.45, 2.75) is 58.0 Å². The van der Waals surface area contributed by atoms with Crippen molar-refractivity contribution < 1.29 is 23.4 Å². The quantitative estimate of drug-likeness (QED) is 0.341. The van der Waals surface area contributed by atoms with Gasteiger partial charge >= 0.3 is 5.97 Å². The first-order valence-corrected chi connectivity index (χ1v) is 13.3. The second-order valence-electron chi connectivity index (χ2n) is 11.2. The van der Waals surface area contributed by atoms with Gasteiger partial charge in [-0.05, 0) is 45.4 Å². The van der Waals surface area contributed by atoms with Gasteiger partial charge in [-0.3, -0.25) is 14.8 Å². The predicted octanol–water partition coefficient (Wildman–Crippen LogP) is 5.37. The first kappa shape index (κ1) is 27.5. The van der Waals surface area contributed by atoms with Crippen LogP contribution in [0.4, 0.5) is 20.4 Å². The number of hydrogen-bond acceptors (Lipinski definition) is 6. The summed E-state index contributed by atoms with van der Waals surface area (Å²) in [5.41, 5.74) is 0.559. The molecule has 0 unspecified atom stereocenters. The highest BCUT2D eigenvalue weighted by atomic mass is 35.5. The number of aromatic nitrogens is 3. The summed E-state index contributed by atoms with van der Waals surface area (Å²) < 4.78 is 35.6. The third-order valence-corrected chi connectivity index (χ3v) is 8.31. The van der Waals surface area contributed by atoms with Gasteiger partial charge in [-0.1, -0.05) is 30.7 Å². The lowest BCUT2D eigenvalue weighted by Gasteiger charge is -2.43.